The summed E-state index contributed by atoms with van der Waals surface area (Å²) >= 11 is 6.33. The van der Waals surface area contributed by atoms with Gasteiger partial charge in [-0.05, 0) is 52.9 Å². The van der Waals surface area contributed by atoms with E-state index in [0.717, 1.165) is 22.3 Å². The minimum atomic E-state index is -0.111. The standard InChI is InChI=1S/C27H24ClN3O3/c28-24-16-20(17-25-26(24)34-15-14-33-25)10-12-29-27(32)23-5-2-1-4-22(23)21-8-6-19(7-9-21)18-31-13-3-11-30-31/h1-9,11,13,16-17H,10,12,14-15,18H2,(H,29,32). The van der Waals surface area contributed by atoms with E-state index < -0.39 is 0 Å². The molecule has 1 N–H and O–H groups in total. The van der Waals surface area contributed by atoms with Gasteiger partial charge in [-0.2, -0.15) is 5.10 Å². The number of aromatic nitrogens is 2. The van der Waals surface area contributed by atoms with E-state index in [-0.39, 0.29) is 5.91 Å². The number of rotatable bonds is 7. The fourth-order valence-corrected chi connectivity index (χ4v) is 4.32. The van der Waals surface area contributed by atoms with Crippen LogP contribution in [0.5, 0.6) is 11.5 Å². The molecule has 0 radical (unpaired) electrons. The zero-order chi connectivity index (χ0) is 23.3. The van der Waals surface area contributed by atoms with Crippen LogP contribution in [-0.2, 0) is 13.0 Å². The Morgan fingerprint density at radius 1 is 1.00 bits per heavy atom. The van der Waals surface area contributed by atoms with Crippen LogP contribution in [0.1, 0.15) is 21.5 Å². The first kappa shape index (κ1) is 22.0. The summed E-state index contributed by atoms with van der Waals surface area (Å²) in [7, 11) is 0. The van der Waals surface area contributed by atoms with Gasteiger partial charge in [-0.1, -0.05) is 54.1 Å². The van der Waals surface area contributed by atoms with Crippen LogP contribution in [0.2, 0.25) is 5.02 Å². The van der Waals surface area contributed by atoms with Crippen LogP contribution < -0.4 is 14.8 Å². The molecular weight excluding hydrogens is 450 g/mol. The van der Waals surface area contributed by atoms with Crippen LogP contribution in [-0.4, -0.2) is 35.4 Å². The normalized spacial score (nSPS) is 12.4. The predicted molar refractivity (Wildman–Crippen MR) is 132 cm³/mol. The van der Waals surface area contributed by atoms with Gasteiger partial charge >= 0.3 is 0 Å². The van der Waals surface area contributed by atoms with Crippen molar-refractivity contribution < 1.29 is 14.3 Å². The second-order valence-corrected chi connectivity index (χ2v) is 8.46. The number of hydrogen-bond acceptors (Lipinski definition) is 4. The Kier molecular flexibility index (Phi) is 6.49. The predicted octanol–water partition coefficient (Wildman–Crippen LogP) is 5.00. The summed E-state index contributed by atoms with van der Waals surface area (Å²) < 4.78 is 13.1. The van der Waals surface area contributed by atoms with Gasteiger partial charge in [0.1, 0.15) is 13.2 Å². The van der Waals surface area contributed by atoms with E-state index in [4.69, 9.17) is 21.1 Å². The summed E-state index contributed by atoms with van der Waals surface area (Å²) in [6.45, 7) is 2.18. The third-order valence-corrected chi connectivity index (χ3v) is 5.98. The molecule has 0 fully saturated rings. The maximum atomic E-state index is 13.0. The number of ether oxygens (including phenoxy) is 2. The first-order chi connectivity index (χ1) is 16.7. The van der Waals surface area contributed by atoms with Gasteiger partial charge in [0, 0.05) is 24.5 Å². The van der Waals surface area contributed by atoms with Crippen LogP contribution in [0.25, 0.3) is 11.1 Å². The smallest absolute Gasteiger partial charge is 0.251 e. The highest BCUT2D eigenvalue weighted by molar-refractivity contribution is 6.32. The summed E-state index contributed by atoms with van der Waals surface area (Å²) in [5.41, 5.74) is 4.66. The van der Waals surface area contributed by atoms with Crippen LogP contribution >= 0.6 is 11.6 Å². The highest BCUT2D eigenvalue weighted by Gasteiger charge is 2.17. The van der Waals surface area contributed by atoms with Crippen LogP contribution in [0.4, 0.5) is 0 Å². The lowest BCUT2D eigenvalue weighted by Crippen LogP contribution is -2.26. The van der Waals surface area contributed by atoms with Crippen LogP contribution in [0, 0.1) is 0 Å². The molecule has 0 atom stereocenters. The first-order valence-corrected chi connectivity index (χ1v) is 11.6. The molecule has 1 aromatic heterocycles. The van der Waals surface area contributed by atoms with E-state index in [2.05, 4.69) is 22.5 Å². The van der Waals surface area contributed by atoms with Crippen molar-refractivity contribution in [3.05, 3.63) is 101 Å². The number of fused-ring (bicyclic) bond motifs is 1. The lowest BCUT2D eigenvalue weighted by molar-refractivity contribution is 0.0955. The minimum absolute atomic E-state index is 0.111. The van der Waals surface area contributed by atoms with Crippen molar-refractivity contribution in [3.63, 3.8) is 0 Å². The van der Waals surface area contributed by atoms with Gasteiger partial charge in [-0.25, -0.2) is 0 Å². The van der Waals surface area contributed by atoms with E-state index in [0.29, 0.717) is 54.8 Å². The molecule has 1 aliphatic heterocycles. The molecular formula is C27H24ClN3O3. The molecule has 5 rings (SSSR count). The van der Waals surface area contributed by atoms with Crippen molar-refractivity contribution in [1.82, 2.24) is 15.1 Å². The van der Waals surface area contributed by atoms with E-state index in [1.165, 1.54) is 0 Å². The van der Waals surface area contributed by atoms with E-state index in [1.807, 2.05) is 65.5 Å². The molecule has 3 aromatic carbocycles. The molecule has 6 nitrogen and oxygen atoms in total. The molecule has 2 heterocycles. The number of amides is 1. The Morgan fingerprint density at radius 3 is 2.65 bits per heavy atom. The summed E-state index contributed by atoms with van der Waals surface area (Å²) in [6.07, 6.45) is 4.34. The number of nitrogens with one attached hydrogen (secondary N) is 1. The maximum absolute atomic E-state index is 13.0. The fourth-order valence-electron chi connectivity index (χ4n) is 4.03. The summed E-state index contributed by atoms with van der Waals surface area (Å²) in [5, 5.41) is 7.81. The second-order valence-electron chi connectivity index (χ2n) is 8.05. The second kappa shape index (κ2) is 10.0. The molecule has 4 aromatic rings. The van der Waals surface area contributed by atoms with Crippen LogP contribution in [0.3, 0.4) is 0 Å². The molecule has 34 heavy (non-hydrogen) atoms. The molecule has 0 saturated heterocycles. The number of hydrogen-bond donors (Lipinski definition) is 1. The van der Waals surface area contributed by atoms with Crippen molar-refractivity contribution in [3.8, 4) is 22.6 Å². The summed E-state index contributed by atoms with van der Waals surface area (Å²) in [4.78, 5) is 13.0. The first-order valence-electron chi connectivity index (χ1n) is 11.2. The Morgan fingerprint density at radius 2 is 1.82 bits per heavy atom. The Labute approximate surface area is 203 Å². The SMILES string of the molecule is O=C(NCCc1cc(Cl)c2c(c1)OCCO2)c1ccccc1-c1ccc(Cn2cccn2)cc1. The quantitative estimate of drug-likeness (QED) is 0.410. The van der Waals surface area contributed by atoms with Crippen molar-refractivity contribution in [2.24, 2.45) is 0 Å². The molecule has 0 aliphatic carbocycles. The topological polar surface area (TPSA) is 65.4 Å². The van der Waals surface area contributed by atoms with Crippen molar-refractivity contribution in [1.29, 1.82) is 0 Å². The van der Waals surface area contributed by atoms with Gasteiger partial charge in [0.15, 0.2) is 11.5 Å². The van der Waals surface area contributed by atoms with Gasteiger partial charge < -0.3 is 14.8 Å². The number of carbonyl (C=O) groups is 1. The Hall–Kier alpha value is -3.77. The molecule has 0 spiro atoms. The number of carbonyl (C=O) groups excluding carboxylic acids is 1. The van der Waals surface area contributed by atoms with Gasteiger partial charge in [0.05, 0.1) is 11.6 Å². The molecule has 1 amide bonds. The third-order valence-electron chi connectivity index (χ3n) is 5.70. The zero-order valence-corrected chi connectivity index (χ0v) is 19.3. The van der Waals surface area contributed by atoms with Gasteiger partial charge in [0.2, 0.25) is 0 Å². The molecule has 1 aliphatic rings. The summed E-state index contributed by atoms with van der Waals surface area (Å²) in [5.74, 6) is 1.13. The largest absolute Gasteiger partial charge is 0.486 e. The van der Waals surface area contributed by atoms with Crippen molar-refractivity contribution in [2.45, 2.75) is 13.0 Å². The van der Waals surface area contributed by atoms with Gasteiger partial charge in [-0.3, -0.25) is 9.48 Å². The molecule has 172 valence electrons. The summed E-state index contributed by atoms with van der Waals surface area (Å²) in [6, 6.07) is 21.6. The Bertz CT molecular complexity index is 1290. The lowest BCUT2D eigenvalue weighted by atomic mass is 9.98. The van der Waals surface area contributed by atoms with Gasteiger partial charge in [0.25, 0.3) is 5.91 Å². The molecule has 7 heteroatoms. The number of halogens is 1. The zero-order valence-electron chi connectivity index (χ0n) is 18.5. The van der Waals surface area contributed by atoms with Crippen LogP contribution in [0.15, 0.2) is 79.1 Å². The van der Waals surface area contributed by atoms with E-state index in [1.54, 1.807) is 6.20 Å². The van der Waals surface area contributed by atoms with Crippen molar-refractivity contribution >= 4 is 17.5 Å². The monoisotopic (exact) mass is 473 g/mol. The third kappa shape index (κ3) is 4.92. The van der Waals surface area contributed by atoms with Gasteiger partial charge in [-0.15, -0.1) is 0 Å². The van der Waals surface area contributed by atoms with E-state index in [9.17, 15) is 4.79 Å². The highest BCUT2D eigenvalue weighted by atomic mass is 35.5. The number of benzene rings is 3. The highest BCUT2D eigenvalue weighted by Crippen LogP contribution is 2.38. The molecule has 0 saturated carbocycles. The van der Waals surface area contributed by atoms with Crippen molar-refractivity contribution in [2.75, 3.05) is 19.8 Å². The molecule has 0 unspecified atom stereocenters. The average Bonchev–Trinajstić information content (AvgIpc) is 3.38. The molecule has 0 bridgehead atoms. The minimum Gasteiger partial charge on any atom is -0.486 e. The van der Waals surface area contributed by atoms with E-state index >= 15 is 0 Å². The fraction of sp³-hybridized carbons (Fsp3) is 0.185. The number of nitrogens with zero attached hydrogens (tertiary/aromatic N) is 2. The average molecular weight is 474 g/mol. The maximum Gasteiger partial charge on any atom is 0.251 e. The Balaban J connectivity index is 1.25. The lowest BCUT2D eigenvalue weighted by Gasteiger charge is -2.20.